The fraction of sp³-hybridized carbons (Fsp3) is 1.00. The number of rotatable bonds is 6. The zero-order valence-electron chi connectivity index (χ0n) is 14.7. The van der Waals surface area contributed by atoms with E-state index in [1.807, 2.05) is 0 Å². The first-order chi connectivity index (χ1) is 7.66. The third-order valence-corrected chi connectivity index (χ3v) is 21.3. The van der Waals surface area contributed by atoms with Gasteiger partial charge in [-0.05, 0) is 19.5 Å². The molecule has 0 aliphatic carbocycles. The second kappa shape index (κ2) is 6.21. The first kappa shape index (κ1) is 19.0. The summed E-state index contributed by atoms with van der Waals surface area (Å²) in [6, 6.07) is 0. The first-order valence-corrected chi connectivity index (χ1v) is 19.4. The summed E-state index contributed by atoms with van der Waals surface area (Å²) in [5.74, 6) is 1.52. The van der Waals surface area contributed by atoms with Crippen molar-refractivity contribution in [2.45, 2.75) is 78.4 Å². The summed E-state index contributed by atoms with van der Waals surface area (Å²) in [5, 5.41) is 0. The molecule has 1 atom stereocenters. The van der Waals surface area contributed by atoms with Gasteiger partial charge in [-0.1, -0.05) is 72.8 Å². The molecule has 110 valence electrons. The molecule has 0 saturated heterocycles. The average molecular weight is 322 g/mol. The molecule has 0 aliphatic rings. The van der Waals surface area contributed by atoms with Crippen LogP contribution in [0.25, 0.3) is 0 Å². The van der Waals surface area contributed by atoms with Gasteiger partial charge in [0.1, 0.15) is 16.5 Å². The molecule has 0 radical (unpaired) electrons. The van der Waals surface area contributed by atoms with Crippen LogP contribution in [-0.4, -0.2) is 40.0 Å². The lowest BCUT2D eigenvalue weighted by Gasteiger charge is -2.51. The molecule has 1 nitrogen and oxygen atoms in total. The van der Waals surface area contributed by atoms with E-state index in [2.05, 4.69) is 76.8 Å². The van der Waals surface area contributed by atoms with Gasteiger partial charge in [0.2, 0.25) is 0 Å². The van der Waals surface area contributed by atoms with Crippen LogP contribution in [0.5, 0.6) is 0 Å². The maximum atomic E-state index is 3.10. The quantitative estimate of drug-likeness (QED) is 0.452. The number of nitrogens with zero attached hydrogens (tertiary/aromatic N) is 1. The Morgan fingerprint density at radius 3 is 1.28 bits per heavy atom. The SMILES string of the molecule is CC(C)P(C[Si](C)(C)C)N([Si](C)(C)C)[Si](C)(C)C. The predicted molar refractivity (Wildman–Crippen MR) is 98.8 cm³/mol. The summed E-state index contributed by atoms with van der Waals surface area (Å²) in [7, 11) is -3.30. The molecule has 0 aromatic heterocycles. The van der Waals surface area contributed by atoms with E-state index >= 15 is 0 Å². The van der Waals surface area contributed by atoms with E-state index in [-0.39, 0.29) is 8.07 Å². The molecule has 1 unspecified atom stereocenters. The molecule has 0 fully saturated rings. The van der Waals surface area contributed by atoms with E-state index in [1.54, 1.807) is 0 Å². The fourth-order valence-corrected chi connectivity index (χ4v) is 26.0. The lowest BCUT2D eigenvalue weighted by Crippen LogP contribution is -2.57. The molecular formula is C13H36NPSi3. The van der Waals surface area contributed by atoms with Gasteiger partial charge in [0, 0.05) is 8.07 Å². The number of hydrogen-bond acceptors (Lipinski definition) is 1. The van der Waals surface area contributed by atoms with Gasteiger partial charge in [-0.25, -0.2) is 0 Å². The highest BCUT2D eigenvalue weighted by molar-refractivity contribution is 7.63. The van der Waals surface area contributed by atoms with Crippen LogP contribution in [0.3, 0.4) is 0 Å². The summed E-state index contributed by atoms with van der Waals surface area (Å²) in [6.45, 7) is 27.8. The van der Waals surface area contributed by atoms with E-state index < -0.39 is 24.5 Å². The van der Waals surface area contributed by atoms with E-state index in [9.17, 15) is 0 Å². The minimum absolute atomic E-state index is 0.0712. The van der Waals surface area contributed by atoms with Crippen molar-refractivity contribution in [1.82, 2.24) is 4.00 Å². The Hall–Kier alpha value is 1.04. The summed E-state index contributed by atoms with van der Waals surface area (Å²) in [6.07, 6.45) is 0. The van der Waals surface area contributed by atoms with E-state index in [0.717, 1.165) is 5.66 Å². The van der Waals surface area contributed by atoms with Gasteiger partial charge in [0.05, 0.1) is 0 Å². The van der Waals surface area contributed by atoms with Gasteiger partial charge in [0.15, 0.2) is 0 Å². The molecule has 0 bridgehead atoms. The highest BCUT2D eigenvalue weighted by atomic mass is 31.1. The molecule has 5 heteroatoms. The minimum atomic E-state index is -1.20. The van der Waals surface area contributed by atoms with Crippen LogP contribution in [0.4, 0.5) is 0 Å². The summed E-state index contributed by atoms with van der Waals surface area (Å²) in [5.41, 5.74) is 0.852. The molecule has 18 heavy (non-hydrogen) atoms. The van der Waals surface area contributed by atoms with Crippen LogP contribution < -0.4 is 0 Å². The van der Waals surface area contributed by atoms with Crippen molar-refractivity contribution in [2.24, 2.45) is 0 Å². The Balaban J connectivity index is 5.39. The van der Waals surface area contributed by atoms with Crippen LogP contribution in [-0.2, 0) is 0 Å². The Labute approximate surface area is 121 Å². The van der Waals surface area contributed by atoms with Crippen LogP contribution in [0, 0.1) is 0 Å². The van der Waals surface area contributed by atoms with E-state index in [4.69, 9.17) is 0 Å². The maximum Gasteiger partial charge on any atom is 0.116 e. The predicted octanol–water partition coefficient (Wildman–Crippen LogP) is 5.64. The monoisotopic (exact) mass is 321 g/mol. The fourth-order valence-electron chi connectivity index (χ4n) is 2.75. The van der Waals surface area contributed by atoms with Gasteiger partial charge in [-0.3, -0.25) is 0 Å². The Bertz CT molecular complexity index is 247. The Kier molecular flexibility index (Phi) is 6.57. The molecule has 0 heterocycles. The van der Waals surface area contributed by atoms with Gasteiger partial charge < -0.3 is 4.00 Å². The van der Waals surface area contributed by atoms with Gasteiger partial charge in [0.25, 0.3) is 0 Å². The average Bonchev–Trinajstić information content (AvgIpc) is 1.93. The zero-order chi connectivity index (χ0) is 14.9. The third kappa shape index (κ3) is 6.47. The molecule has 0 amide bonds. The van der Waals surface area contributed by atoms with Gasteiger partial charge >= 0.3 is 0 Å². The maximum absolute atomic E-state index is 3.10. The van der Waals surface area contributed by atoms with Crippen molar-refractivity contribution >= 4 is 32.6 Å². The smallest absolute Gasteiger partial charge is 0.116 e. The lowest BCUT2D eigenvalue weighted by atomic mass is 10.6. The molecule has 0 saturated carbocycles. The van der Waals surface area contributed by atoms with Crippen molar-refractivity contribution < 1.29 is 0 Å². The largest absolute Gasteiger partial charge is 0.324 e. The first-order valence-electron chi connectivity index (χ1n) is 7.23. The lowest BCUT2D eigenvalue weighted by molar-refractivity contribution is 0.921. The molecule has 0 N–H and O–H groups in total. The van der Waals surface area contributed by atoms with Gasteiger partial charge in [-0.2, -0.15) is 0 Å². The molecule has 0 rings (SSSR count). The van der Waals surface area contributed by atoms with Crippen molar-refractivity contribution in [2.75, 3.05) is 5.79 Å². The van der Waals surface area contributed by atoms with Crippen molar-refractivity contribution in [1.29, 1.82) is 0 Å². The van der Waals surface area contributed by atoms with Crippen LogP contribution in [0.2, 0.25) is 58.9 Å². The van der Waals surface area contributed by atoms with Crippen molar-refractivity contribution in [3.63, 3.8) is 0 Å². The topological polar surface area (TPSA) is 3.24 Å². The molecule has 0 aromatic rings. The normalized spacial score (nSPS) is 16.5. The Morgan fingerprint density at radius 2 is 1.11 bits per heavy atom. The van der Waals surface area contributed by atoms with E-state index in [1.165, 1.54) is 5.79 Å². The van der Waals surface area contributed by atoms with Crippen LogP contribution >= 0.6 is 8.07 Å². The summed E-state index contributed by atoms with van der Waals surface area (Å²) >= 11 is 0. The number of hydrogen-bond donors (Lipinski definition) is 0. The second-order valence-electron chi connectivity index (χ2n) is 8.91. The molecular weight excluding hydrogens is 285 g/mol. The highest BCUT2D eigenvalue weighted by Gasteiger charge is 2.41. The molecule has 0 aliphatic heterocycles. The molecule has 0 aromatic carbocycles. The van der Waals surface area contributed by atoms with Crippen molar-refractivity contribution in [3.8, 4) is 0 Å². The van der Waals surface area contributed by atoms with Crippen LogP contribution in [0.15, 0.2) is 0 Å². The van der Waals surface area contributed by atoms with Crippen molar-refractivity contribution in [3.05, 3.63) is 0 Å². The molecule has 0 spiro atoms. The summed E-state index contributed by atoms with van der Waals surface area (Å²) in [4.78, 5) is 0. The summed E-state index contributed by atoms with van der Waals surface area (Å²) < 4.78 is 3.10. The highest BCUT2D eigenvalue weighted by Crippen LogP contribution is 2.52. The second-order valence-corrected chi connectivity index (χ2v) is 28.4. The third-order valence-electron chi connectivity index (χ3n) is 2.76. The van der Waals surface area contributed by atoms with Crippen LogP contribution in [0.1, 0.15) is 13.8 Å². The Morgan fingerprint density at radius 1 is 0.778 bits per heavy atom. The zero-order valence-corrected chi connectivity index (χ0v) is 18.6. The minimum Gasteiger partial charge on any atom is -0.324 e. The van der Waals surface area contributed by atoms with Gasteiger partial charge in [-0.15, -0.1) is 0 Å². The van der Waals surface area contributed by atoms with E-state index in [0.29, 0.717) is 0 Å². The standard InChI is InChI=1S/C13H36NPSi3/c1-13(2)15(12-16(3,4)5)14(17(6,7)8)18(9,10)11/h13H,12H2,1-11H3.